The van der Waals surface area contributed by atoms with E-state index in [0.29, 0.717) is 19.3 Å². The maximum absolute atomic E-state index is 12.7. The van der Waals surface area contributed by atoms with Crippen LogP contribution in [0.5, 0.6) is 0 Å². The number of carbonyl (C=O) groups excluding carboxylic acids is 2. The van der Waals surface area contributed by atoms with Gasteiger partial charge in [-0.2, -0.15) is 0 Å². The van der Waals surface area contributed by atoms with E-state index in [1.54, 1.807) is 0 Å². The molecule has 0 aromatic carbocycles. The van der Waals surface area contributed by atoms with Crippen LogP contribution in [0.2, 0.25) is 0 Å². The van der Waals surface area contributed by atoms with Crippen LogP contribution in [0, 0.1) is 0 Å². The van der Waals surface area contributed by atoms with Crippen molar-refractivity contribution in [2.75, 3.05) is 13.2 Å². The Kier molecular flexibility index (Phi) is 39.3. The first-order chi connectivity index (χ1) is 29.4. The van der Waals surface area contributed by atoms with Gasteiger partial charge in [0.1, 0.15) is 43.2 Å². The van der Waals surface area contributed by atoms with Crippen LogP contribution >= 0.6 is 7.82 Å². The fourth-order valence-electron chi connectivity index (χ4n) is 6.86. The van der Waals surface area contributed by atoms with Crippen molar-refractivity contribution in [3.05, 3.63) is 48.6 Å². The van der Waals surface area contributed by atoms with Crippen molar-refractivity contribution in [1.82, 2.24) is 0 Å². The van der Waals surface area contributed by atoms with E-state index in [1.807, 2.05) is 12.2 Å². The van der Waals surface area contributed by atoms with Gasteiger partial charge >= 0.3 is 41.5 Å². The number of phosphoric acid groups is 1. The number of ether oxygens (including phenoxy) is 2. The van der Waals surface area contributed by atoms with E-state index >= 15 is 0 Å². The first-order valence-corrected chi connectivity index (χ1v) is 24.9. The van der Waals surface area contributed by atoms with E-state index < -0.39 is 75.7 Å². The molecule has 354 valence electrons. The van der Waals surface area contributed by atoms with Crippen LogP contribution in [0.25, 0.3) is 0 Å². The number of esters is 2. The van der Waals surface area contributed by atoms with E-state index in [9.17, 15) is 44.6 Å². The number of rotatable bonds is 38. The maximum atomic E-state index is 12.7. The molecule has 0 heterocycles. The Morgan fingerprint density at radius 2 is 0.919 bits per heavy atom. The standard InChI is InChI=1S/C47H83O13P.Na/c1-3-5-7-9-11-13-15-17-19-20-22-24-26-28-30-32-34-36-41(49)59-39(38-58-61(55,56)60-47-45(53)43(51)42(50)44(52)46(47)54)37-57-40(48)35-33-31-29-27-25-23-21-18-16-14-12-10-8-6-4-2;/h11,13,17,19,22,24,28,30,39,42-47,50-54H,3-10,12,14-16,18,20-21,23,25-27,29,31-38H2,1-2H3,(H,55,56);/q;+1/p-1/t39-,42?,43-,44+,45-,46-,47?;/m1./s1. The van der Waals surface area contributed by atoms with Crippen LogP contribution in [0.15, 0.2) is 48.6 Å². The Morgan fingerprint density at radius 1 is 0.532 bits per heavy atom. The average Bonchev–Trinajstić information content (AvgIpc) is 3.24. The summed E-state index contributed by atoms with van der Waals surface area (Å²) in [4.78, 5) is 38.0. The second kappa shape index (κ2) is 40.1. The molecule has 0 aromatic heterocycles. The van der Waals surface area contributed by atoms with Gasteiger partial charge in [0.15, 0.2) is 6.10 Å². The minimum absolute atomic E-state index is 0. The molecule has 3 unspecified atom stereocenters. The summed E-state index contributed by atoms with van der Waals surface area (Å²) in [6.45, 7) is 3.14. The maximum Gasteiger partial charge on any atom is 1.00 e. The zero-order chi connectivity index (χ0) is 45.0. The Hall–Kier alpha value is -1.19. The largest absolute Gasteiger partial charge is 1.00 e. The van der Waals surface area contributed by atoms with Gasteiger partial charge in [0.25, 0.3) is 7.82 Å². The molecule has 1 saturated carbocycles. The minimum atomic E-state index is -5.38. The second-order valence-corrected chi connectivity index (χ2v) is 17.6. The van der Waals surface area contributed by atoms with Gasteiger partial charge in [0, 0.05) is 12.8 Å². The Balaban J connectivity index is 0.0000372. The summed E-state index contributed by atoms with van der Waals surface area (Å²) in [5.41, 5.74) is 0. The molecule has 0 saturated heterocycles. The molecule has 15 heteroatoms. The fraction of sp³-hybridized carbons (Fsp3) is 0.787. The molecule has 8 atom stereocenters. The minimum Gasteiger partial charge on any atom is -0.756 e. The third kappa shape index (κ3) is 31.6. The molecule has 0 spiro atoms. The number of aliphatic hydroxyl groups is 5. The smallest absolute Gasteiger partial charge is 0.756 e. The molecule has 13 nitrogen and oxygen atoms in total. The molecule has 0 aliphatic heterocycles. The predicted molar refractivity (Wildman–Crippen MR) is 237 cm³/mol. The van der Waals surface area contributed by atoms with Crippen LogP contribution in [0.4, 0.5) is 0 Å². The number of phosphoric ester groups is 1. The van der Waals surface area contributed by atoms with E-state index in [1.165, 1.54) is 89.9 Å². The van der Waals surface area contributed by atoms with Gasteiger partial charge in [0.2, 0.25) is 0 Å². The molecule has 1 rings (SSSR count). The van der Waals surface area contributed by atoms with Crippen LogP contribution in [-0.2, 0) is 32.7 Å². The number of unbranched alkanes of at least 4 members (excludes halogenated alkanes) is 18. The number of aliphatic hydroxyl groups excluding tert-OH is 5. The van der Waals surface area contributed by atoms with E-state index in [-0.39, 0.29) is 42.4 Å². The third-order valence-electron chi connectivity index (χ3n) is 10.7. The molecular formula is C47H82NaO13P. The molecule has 62 heavy (non-hydrogen) atoms. The van der Waals surface area contributed by atoms with Crippen molar-refractivity contribution in [2.24, 2.45) is 0 Å². The Bertz CT molecular complexity index is 1260. The first-order valence-electron chi connectivity index (χ1n) is 23.4. The van der Waals surface area contributed by atoms with Crippen molar-refractivity contribution >= 4 is 19.8 Å². The first kappa shape index (κ1) is 60.8. The second-order valence-electron chi connectivity index (χ2n) is 16.2. The molecular weight excluding hydrogens is 826 g/mol. The molecule has 5 N–H and O–H groups in total. The molecule has 0 amide bonds. The van der Waals surface area contributed by atoms with Gasteiger partial charge in [-0.15, -0.1) is 0 Å². The van der Waals surface area contributed by atoms with Gasteiger partial charge in [0.05, 0.1) is 6.61 Å². The number of carbonyl (C=O) groups is 2. The molecule has 0 bridgehead atoms. The predicted octanol–water partition coefficient (Wildman–Crippen LogP) is 5.54. The molecule has 1 aliphatic carbocycles. The fourth-order valence-corrected chi connectivity index (χ4v) is 7.82. The van der Waals surface area contributed by atoms with Crippen molar-refractivity contribution in [2.45, 2.75) is 224 Å². The van der Waals surface area contributed by atoms with Crippen LogP contribution in [-0.4, -0.2) is 93.4 Å². The summed E-state index contributed by atoms with van der Waals surface area (Å²) >= 11 is 0. The summed E-state index contributed by atoms with van der Waals surface area (Å²) in [7, 11) is -5.38. The Labute approximate surface area is 395 Å². The zero-order valence-electron chi connectivity index (χ0n) is 38.4. The molecule has 1 aliphatic rings. The molecule has 1 fully saturated rings. The summed E-state index contributed by atoms with van der Waals surface area (Å²) in [5, 5.41) is 50.0. The van der Waals surface area contributed by atoms with E-state index in [2.05, 4.69) is 50.3 Å². The van der Waals surface area contributed by atoms with Gasteiger partial charge in [-0.1, -0.05) is 165 Å². The van der Waals surface area contributed by atoms with Crippen LogP contribution in [0.3, 0.4) is 0 Å². The van der Waals surface area contributed by atoms with Crippen molar-refractivity contribution in [3.63, 3.8) is 0 Å². The normalized spacial score (nSPS) is 22.1. The van der Waals surface area contributed by atoms with E-state index in [0.717, 1.165) is 44.9 Å². The topological polar surface area (TPSA) is 212 Å². The van der Waals surface area contributed by atoms with Crippen molar-refractivity contribution in [1.29, 1.82) is 0 Å². The third-order valence-corrected chi connectivity index (χ3v) is 11.6. The number of hydrogen-bond acceptors (Lipinski definition) is 13. The number of allylic oxidation sites excluding steroid dienone is 8. The summed E-state index contributed by atoms with van der Waals surface area (Å²) in [6.07, 6.45) is 29.8. The summed E-state index contributed by atoms with van der Waals surface area (Å²) in [6, 6.07) is 0. The monoisotopic (exact) mass is 909 g/mol. The average molecular weight is 909 g/mol. The molecule has 0 aromatic rings. The van der Waals surface area contributed by atoms with Gasteiger partial charge in [-0.05, 0) is 51.4 Å². The van der Waals surface area contributed by atoms with Crippen molar-refractivity contribution in [3.8, 4) is 0 Å². The Morgan fingerprint density at radius 3 is 1.40 bits per heavy atom. The quantitative estimate of drug-likeness (QED) is 0.0170. The number of hydrogen-bond donors (Lipinski definition) is 5. The van der Waals surface area contributed by atoms with Crippen LogP contribution in [0.1, 0.15) is 181 Å². The van der Waals surface area contributed by atoms with E-state index in [4.69, 9.17) is 18.5 Å². The molecule has 0 radical (unpaired) electrons. The zero-order valence-corrected chi connectivity index (χ0v) is 41.3. The van der Waals surface area contributed by atoms with Gasteiger partial charge < -0.3 is 48.9 Å². The summed E-state index contributed by atoms with van der Waals surface area (Å²) in [5.74, 6) is -1.20. The van der Waals surface area contributed by atoms with Crippen LogP contribution < -0.4 is 34.5 Å². The summed E-state index contributed by atoms with van der Waals surface area (Å²) < 4.78 is 33.1. The van der Waals surface area contributed by atoms with Gasteiger partial charge in [-0.3, -0.25) is 14.2 Å². The SMILES string of the molecule is CCCCCC=CCC=CCC=CCC=CCCCC(=O)O[C@H](COC(=O)CCCCCCCCCCCCCCCCC)COP(=O)([O-])OC1[C@H](O)[C@H](O)C(O)[C@H](O)[C@H]1O.[Na+]. The van der Waals surface area contributed by atoms with Gasteiger partial charge in [-0.25, -0.2) is 0 Å². The van der Waals surface area contributed by atoms with Crippen molar-refractivity contribution < 1.29 is 92.7 Å².